The Morgan fingerprint density at radius 2 is 2.33 bits per heavy atom. The van der Waals surface area contributed by atoms with Crippen molar-refractivity contribution in [3.63, 3.8) is 0 Å². The van der Waals surface area contributed by atoms with E-state index in [-0.39, 0.29) is 0 Å². The summed E-state index contributed by atoms with van der Waals surface area (Å²) >= 11 is 0. The molecule has 0 aliphatic carbocycles. The number of fused-ring (bicyclic) bond motifs is 1. The van der Waals surface area contributed by atoms with Crippen LogP contribution in [0.2, 0.25) is 0 Å². The zero-order chi connectivity index (χ0) is 8.55. The van der Waals surface area contributed by atoms with Crippen molar-refractivity contribution >= 4 is 5.69 Å². The Bertz CT molecular complexity index is 294. The molecule has 1 aromatic carbocycles. The van der Waals surface area contributed by atoms with Crippen molar-refractivity contribution in [2.75, 3.05) is 12.1 Å². The first-order chi connectivity index (χ1) is 5.81. The molecule has 1 aliphatic rings. The number of rotatable bonds is 1. The lowest BCUT2D eigenvalue weighted by Crippen LogP contribution is -2.26. The largest absolute Gasteiger partial charge is 0.311 e. The van der Waals surface area contributed by atoms with E-state index in [1.807, 2.05) is 0 Å². The summed E-state index contributed by atoms with van der Waals surface area (Å²) in [6, 6.07) is 6.67. The van der Waals surface area contributed by atoms with Crippen LogP contribution in [0.4, 0.5) is 5.69 Å². The molecule has 1 N–H and O–H groups in total. The fourth-order valence-corrected chi connectivity index (χ4v) is 1.62. The molecule has 0 aromatic heterocycles. The first kappa shape index (κ1) is 7.62. The Labute approximate surface area is 73.2 Å². The highest BCUT2D eigenvalue weighted by Crippen LogP contribution is 2.24. The molecule has 2 rings (SSSR count). The lowest BCUT2D eigenvalue weighted by atomic mass is 10.1. The normalized spacial score (nSPS) is 15.0. The van der Waals surface area contributed by atoms with Crippen LogP contribution in [0.5, 0.6) is 0 Å². The first-order valence-corrected chi connectivity index (χ1v) is 4.40. The van der Waals surface area contributed by atoms with Gasteiger partial charge in [0.2, 0.25) is 0 Å². The zero-order valence-electron chi connectivity index (χ0n) is 7.59. The minimum Gasteiger partial charge on any atom is -0.311 e. The lowest BCUT2D eigenvalue weighted by molar-refractivity contribution is 0.734. The third-order valence-electron chi connectivity index (χ3n) is 2.42. The van der Waals surface area contributed by atoms with E-state index in [0.29, 0.717) is 0 Å². The maximum atomic E-state index is 3.27. The van der Waals surface area contributed by atoms with E-state index in [9.17, 15) is 0 Å². The average Bonchev–Trinajstić information content (AvgIpc) is 2.47. The van der Waals surface area contributed by atoms with Gasteiger partial charge in [0.1, 0.15) is 0 Å². The van der Waals surface area contributed by atoms with Crippen LogP contribution < -0.4 is 10.4 Å². The molecule has 0 spiro atoms. The lowest BCUT2D eigenvalue weighted by Gasteiger charge is -2.11. The van der Waals surface area contributed by atoms with Gasteiger partial charge in [0.15, 0.2) is 0 Å². The topological polar surface area (TPSA) is 15.3 Å². The molecule has 0 radical (unpaired) electrons. The van der Waals surface area contributed by atoms with Crippen LogP contribution in [0.15, 0.2) is 18.2 Å². The summed E-state index contributed by atoms with van der Waals surface area (Å²) < 4.78 is 0. The van der Waals surface area contributed by atoms with Crippen molar-refractivity contribution < 1.29 is 0 Å². The van der Waals surface area contributed by atoms with Gasteiger partial charge in [0.25, 0.3) is 0 Å². The monoisotopic (exact) mass is 162 g/mol. The molecule has 64 valence electrons. The maximum absolute atomic E-state index is 3.27. The van der Waals surface area contributed by atoms with Crippen molar-refractivity contribution in [3.05, 3.63) is 29.3 Å². The van der Waals surface area contributed by atoms with E-state index in [2.05, 4.69) is 42.6 Å². The minimum absolute atomic E-state index is 0.972. The van der Waals surface area contributed by atoms with Crippen LogP contribution >= 0.6 is 0 Å². The standard InChI is InChI=1S/C10H14N2/c1-3-8-4-5-10-9(6-8)7-11-12(10)2/h4-6,11H,3,7H2,1-2H3. The number of nitrogens with zero attached hydrogens (tertiary/aromatic N) is 1. The molecule has 2 nitrogen and oxygen atoms in total. The molecule has 0 fully saturated rings. The quantitative estimate of drug-likeness (QED) is 0.676. The van der Waals surface area contributed by atoms with Crippen LogP contribution in [0.1, 0.15) is 18.1 Å². The van der Waals surface area contributed by atoms with Crippen molar-refractivity contribution in [1.82, 2.24) is 5.43 Å². The van der Waals surface area contributed by atoms with Crippen molar-refractivity contribution in [2.45, 2.75) is 19.9 Å². The van der Waals surface area contributed by atoms with E-state index >= 15 is 0 Å². The summed E-state index contributed by atoms with van der Waals surface area (Å²) in [4.78, 5) is 0. The molecular formula is C10H14N2. The van der Waals surface area contributed by atoms with Gasteiger partial charge in [-0.2, -0.15) is 0 Å². The van der Waals surface area contributed by atoms with Crippen LogP contribution in [0.3, 0.4) is 0 Å². The van der Waals surface area contributed by atoms with Gasteiger partial charge in [-0.15, -0.1) is 0 Å². The Morgan fingerprint density at radius 3 is 3.08 bits per heavy atom. The highest BCUT2D eigenvalue weighted by molar-refractivity contribution is 5.56. The van der Waals surface area contributed by atoms with Crippen LogP contribution in [0, 0.1) is 0 Å². The SMILES string of the molecule is CCc1ccc2c(c1)CNN2C. The highest BCUT2D eigenvalue weighted by Gasteiger charge is 2.14. The van der Waals surface area contributed by atoms with Crippen molar-refractivity contribution in [1.29, 1.82) is 0 Å². The number of hydrogen-bond donors (Lipinski definition) is 1. The predicted octanol–water partition coefficient (Wildman–Crippen LogP) is 1.70. The Morgan fingerprint density at radius 1 is 1.50 bits per heavy atom. The van der Waals surface area contributed by atoms with E-state index in [4.69, 9.17) is 0 Å². The average molecular weight is 162 g/mol. The van der Waals surface area contributed by atoms with Gasteiger partial charge >= 0.3 is 0 Å². The van der Waals surface area contributed by atoms with Gasteiger partial charge in [-0.05, 0) is 23.6 Å². The second-order valence-corrected chi connectivity index (χ2v) is 3.21. The Hall–Kier alpha value is -1.02. The summed E-state index contributed by atoms with van der Waals surface area (Å²) in [5.41, 5.74) is 7.42. The van der Waals surface area contributed by atoms with Gasteiger partial charge in [0, 0.05) is 13.6 Å². The van der Waals surface area contributed by atoms with Crippen molar-refractivity contribution in [2.24, 2.45) is 0 Å². The molecule has 1 aromatic rings. The van der Waals surface area contributed by atoms with Gasteiger partial charge in [0.05, 0.1) is 5.69 Å². The summed E-state index contributed by atoms with van der Waals surface area (Å²) in [6.07, 6.45) is 1.12. The molecule has 0 bridgehead atoms. The second kappa shape index (κ2) is 2.79. The molecule has 0 saturated carbocycles. The third-order valence-corrected chi connectivity index (χ3v) is 2.42. The van der Waals surface area contributed by atoms with Crippen LogP contribution in [0.25, 0.3) is 0 Å². The van der Waals surface area contributed by atoms with Crippen LogP contribution in [-0.2, 0) is 13.0 Å². The third kappa shape index (κ3) is 1.08. The Balaban J connectivity index is 2.41. The minimum atomic E-state index is 0.972. The van der Waals surface area contributed by atoms with Gasteiger partial charge in [-0.25, -0.2) is 5.43 Å². The number of hydrazine groups is 1. The summed E-state index contributed by atoms with van der Waals surface area (Å²) in [7, 11) is 2.05. The summed E-state index contributed by atoms with van der Waals surface area (Å²) in [5.74, 6) is 0. The van der Waals surface area contributed by atoms with Gasteiger partial charge < -0.3 is 5.01 Å². The summed E-state index contributed by atoms with van der Waals surface area (Å²) in [6.45, 7) is 3.16. The molecular weight excluding hydrogens is 148 g/mol. The number of anilines is 1. The fraction of sp³-hybridized carbons (Fsp3) is 0.400. The van der Waals surface area contributed by atoms with E-state index in [1.165, 1.54) is 16.8 Å². The van der Waals surface area contributed by atoms with Gasteiger partial charge in [-0.1, -0.05) is 19.1 Å². The number of nitrogens with one attached hydrogen (secondary N) is 1. The zero-order valence-corrected chi connectivity index (χ0v) is 7.59. The fourth-order valence-electron chi connectivity index (χ4n) is 1.62. The molecule has 0 atom stereocenters. The molecule has 1 aliphatic heterocycles. The van der Waals surface area contributed by atoms with Crippen LogP contribution in [-0.4, -0.2) is 7.05 Å². The number of benzene rings is 1. The molecule has 0 saturated heterocycles. The molecule has 1 heterocycles. The molecule has 0 unspecified atom stereocenters. The van der Waals surface area contributed by atoms with Gasteiger partial charge in [-0.3, -0.25) is 0 Å². The number of hydrogen-bond acceptors (Lipinski definition) is 2. The first-order valence-electron chi connectivity index (χ1n) is 4.40. The smallest absolute Gasteiger partial charge is 0.0562 e. The predicted molar refractivity (Wildman–Crippen MR) is 51.1 cm³/mol. The summed E-state index contributed by atoms with van der Waals surface area (Å²) in [5, 5.41) is 2.08. The highest BCUT2D eigenvalue weighted by atomic mass is 15.5. The molecule has 2 heteroatoms. The van der Waals surface area contributed by atoms with E-state index < -0.39 is 0 Å². The molecule has 12 heavy (non-hydrogen) atoms. The van der Waals surface area contributed by atoms with E-state index in [0.717, 1.165) is 13.0 Å². The number of aryl methyl sites for hydroxylation is 1. The Kier molecular flexibility index (Phi) is 1.77. The second-order valence-electron chi connectivity index (χ2n) is 3.21. The maximum Gasteiger partial charge on any atom is 0.0562 e. The van der Waals surface area contributed by atoms with E-state index in [1.54, 1.807) is 0 Å². The van der Waals surface area contributed by atoms with Crippen molar-refractivity contribution in [3.8, 4) is 0 Å². The molecule has 0 amide bonds.